The number of hydrogen-bond donors (Lipinski definition) is 1. The highest BCUT2D eigenvalue weighted by Crippen LogP contribution is 2.37. The molecule has 12 heteroatoms. The summed E-state index contributed by atoms with van der Waals surface area (Å²) in [5, 5.41) is 3.74. The lowest BCUT2D eigenvalue weighted by molar-refractivity contribution is 0.0486. The largest absolute Gasteiger partial charge is 0.490 e. The molecule has 1 unspecified atom stereocenters. The van der Waals surface area contributed by atoms with Crippen LogP contribution in [-0.2, 0) is 11.2 Å². The third kappa shape index (κ3) is 8.66. The van der Waals surface area contributed by atoms with Crippen LogP contribution in [0.2, 0.25) is 0 Å². The number of nitrogens with zero attached hydrogens (tertiary/aromatic N) is 6. The number of carbonyl (C=O) groups excluding carboxylic acids is 1. The molecular formula is C37H50FN7O4. The number of pyridine rings is 1. The highest BCUT2D eigenvalue weighted by molar-refractivity contribution is 5.97. The van der Waals surface area contributed by atoms with Gasteiger partial charge in [0.25, 0.3) is 5.91 Å². The number of halogens is 1. The molecular weight excluding hydrogens is 625 g/mol. The number of hydrogen-bond acceptors (Lipinski definition) is 10. The van der Waals surface area contributed by atoms with Gasteiger partial charge in [-0.2, -0.15) is 0 Å². The van der Waals surface area contributed by atoms with E-state index in [9.17, 15) is 9.18 Å². The van der Waals surface area contributed by atoms with Gasteiger partial charge in [0.05, 0.1) is 24.2 Å². The van der Waals surface area contributed by atoms with Gasteiger partial charge in [0.15, 0.2) is 11.6 Å². The van der Waals surface area contributed by atoms with E-state index >= 15 is 0 Å². The van der Waals surface area contributed by atoms with Crippen LogP contribution in [0, 0.1) is 5.82 Å². The summed E-state index contributed by atoms with van der Waals surface area (Å²) in [7, 11) is 0. The van der Waals surface area contributed by atoms with Crippen molar-refractivity contribution in [1.29, 1.82) is 0 Å². The van der Waals surface area contributed by atoms with Gasteiger partial charge in [0, 0.05) is 89.0 Å². The predicted octanol–water partition coefficient (Wildman–Crippen LogP) is 5.76. The Bertz CT molecular complexity index is 1540. The molecule has 0 spiro atoms. The second kappa shape index (κ2) is 16.7. The molecule has 1 atom stereocenters. The lowest BCUT2D eigenvalue weighted by atomic mass is 9.94. The van der Waals surface area contributed by atoms with E-state index in [-0.39, 0.29) is 35.4 Å². The van der Waals surface area contributed by atoms with Crippen molar-refractivity contribution in [3.8, 4) is 17.2 Å². The zero-order valence-electron chi connectivity index (χ0n) is 29.1. The topological polar surface area (TPSA) is 105 Å². The van der Waals surface area contributed by atoms with Crippen LogP contribution in [0.15, 0.2) is 43.0 Å². The molecule has 49 heavy (non-hydrogen) atoms. The van der Waals surface area contributed by atoms with Crippen LogP contribution < -0.4 is 19.7 Å². The van der Waals surface area contributed by atoms with Gasteiger partial charge in [-0.25, -0.2) is 14.4 Å². The Balaban J connectivity index is 1.10. The molecule has 264 valence electrons. The third-order valence-electron chi connectivity index (χ3n) is 9.70. The van der Waals surface area contributed by atoms with E-state index in [0.717, 1.165) is 82.9 Å². The number of anilines is 1. The maximum Gasteiger partial charge on any atom is 0.257 e. The normalized spacial score (nSPS) is 19.0. The summed E-state index contributed by atoms with van der Waals surface area (Å²) >= 11 is 0. The molecule has 5 heterocycles. The SMILES string of the molecule is CCN(C(=O)c1cc(F)ccc1Oc1cncnc1N1CCC(Oc2ccnc3c2C(CCCN2CCCCOC2)NCC3)CC1)C(C)C. The summed E-state index contributed by atoms with van der Waals surface area (Å²) in [6.45, 7) is 12.3. The van der Waals surface area contributed by atoms with Gasteiger partial charge in [-0.1, -0.05) is 0 Å². The fraction of sp³-hybridized carbons (Fsp3) is 0.568. The maximum absolute atomic E-state index is 14.3. The van der Waals surface area contributed by atoms with Crippen molar-refractivity contribution in [2.45, 2.75) is 83.9 Å². The Labute approximate surface area is 289 Å². The molecule has 2 fully saturated rings. The first-order valence-corrected chi connectivity index (χ1v) is 17.9. The molecule has 1 amide bonds. The van der Waals surface area contributed by atoms with E-state index in [2.05, 4.69) is 25.1 Å². The first-order chi connectivity index (χ1) is 23.9. The fourth-order valence-electron chi connectivity index (χ4n) is 7.14. The zero-order valence-corrected chi connectivity index (χ0v) is 29.1. The van der Waals surface area contributed by atoms with Gasteiger partial charge in [-0.3, -0.25) is 14.7 Å². The van der Waals surface area contributed by atoms with E-state index in [1.165, 1.54) is 36.5 Å². The summed E-state index contributed by atoms with van der Waals surface area (Å²) in [4.78, 5) is 33.2. The molecule has 1 N–H and O–H groups in total. The molecule has 11 nitrogen and oxygen atoms in total. The first-order valence-electron chi connectivity index (χ1n) is 17.9. The number of piperidine rings is 1. The highest BCUT2D eigenvalue weighted by atomic mass is 19.1. The van der Waals surface area contributed by atoms with Crippen molar-refractivity contribution in [2.24, 2.45) is 0 Å². The fourth-order valence-corrected chi connectivity index (χ4v) is 7.14. The van der Waals surface area contributed by atoms with Gasteiger partial charge in [-0.05, 0) is 70.7 Å². The molecule has 3 aliphatic heterocycles. The molecule has 2 aromatic heterocycles. The van der Waals surface area contributed by atoms with Crippen LogP contribution in [0.5, 0.6) is 17.2 Å². The van der Waals surface area contributed by atoms with Crippen molar-refractivity contribution in [2.75, 3.05) is 57.5 Å². The lowest BCUT2D eigenvalue weighted by Crippen LogP contribution is -2.39. The second-order valence-electron chi connectivity index (χ2n) is 13.4. The molecule has 3 aromatic rings. The zero-order chi connectivity index (χ0) is 34.2. The molecule has 2 saturated heterocycles. The molecule has 0 saturated carbocycles. The van der Waals surface area contributed by atoms with Crippen molar-refractivity contribution in [3.05, 3.63) is 65.6 Å². The maximum atomic E-state index is 14.3. The average Bonchev–Trinajstić information content (AvgIpc) is 3.39. The van der Waals surface area contributed by atoms with Crippen molar-refractivity contribution < 1.29 is 23.4 Å². The monoisotopic (exact) mass is 675 g/mol. The van der Waals surface area contributed by atoms with E-state index in [4.69, 9.17) is 19.2 Å². The number of carbonyl (C=O) groups is 1. The molecule has 1 aromatic carbocycles. The minimum atomic E-state index is -0.498. The van der Waals surface area contributed by atoms with Crippen LogP contribution in [0.25, 0.3) is 0 Å². The Morgan fingerprint density at radius 3 is 2.80 bits per heavy atom. The summed E-state index contributed by atoms with van der Waals surface area (Å²) in [5.74, 6) is 1.46. The Morgan fingerprint density at radius 1 is 1.12 bits per heavy atom. The Kier molecular flexibility index (Phi) is 11.9. The first kappa shape index (κ1) is 35.0. The number of aromatic nitrogens is 3. The summed E-state index contributed by atoms with van der Waals surface area (Å²) in [5.41, 5.74) is 2.51. The van der Waals surface area contributed by atoms with Crippen molar-refractivity contribution in [3.63, 3.8) is 0 Å². The van der Waals surface area contributed by atoms with Crippen LogP contribution >= 0.6 is 0 Å². The Morgan fingerprint density at radius 2 is 1.98 bits per heavy atom. The number of benzene rings is 1. The number of fused-ring (bicyclic) bond motifs is 1. The third-order valence-corrected chi connectivity index (χ3v) is 9.70. The van der Waals surface area contributed by atoms with Gasteiger partial charge in [0.2, 0.25) is 0 Å². The quantitative estimate of drug-likeness (QED) is 0.255. The number of ether oxygens (including phenoxy) is 3. The summed E-state index contributed by atoms with van der Waals surface area (Å²) in [6.07, 6.45) is 12.0. The molecule has 0 radical (unpaired) electrons. The van der Waals surface area contributed by atoms with Crippen molar-refractivity contribution in [1.82, 2.24) is 30.1 Å². The second-order valence-corrected chi connectivity index (χ2v) is 13.4. The number of nitrogens with one attached hydrogen (secondary N) is 1. The van der Waals surface area contributed by atoms with Crippen LogP contribution in [-0.4, -0.2) is 95.4 Å². The van der Waals surface area contributed by atoms with E-state index in [1.54, 1.807) is 11.1 Å². The smallest absolute Gasteiger partial charge is 0.257 e. The summed E-state index contributed by atoms with van der Waals surface area (Å²) in [6, 6.07) is 6.22. The predicted molar refractivity (Wildman–Crippen MR) is 186 cm³/mol. The van der Waals surface area contributed by atoms with Crippen molar-refractivity contribution >= 4 is 11.7 Å². The lowest BCUT2D eigenvalue weighted by Gasteiger charge is -2.35. The summed E-state index contributed by atoms with van der Waals surface area (Å²) < 4.78 is 33.1. The van der Waals surface area contributed by atoms with Crippen LogP contribution in [0.4, 0.5) is 10.2 Å². The number of rotatable bonds is 12. The Hall–Kier alpha value is -3.87. The average molecular weight is 676 g/mol. The molecule has 6 rings (SSSR count). The van der Waals surface area contributed by atoms with Crippen LogP contribution in [0.3, 0.4) is 0 Å². The van der Waals surface area contributed by atoms with Gasteiger partial charge in [0.1, 0.15) is 29.7 Å². The highest BCUT2D eigenvalue weighted by Gasteiger charge is 2.29. The van der Waals surface area contributed by atoms with Crippen LogP contribution in [0.1, 0.15) is 87.0 Å². The molecule has 0 aliphatic carbocycles. The van der Waals surface area contributed by atoms with Gasteiger partial charge in [-0.15, -0.1) is 0 Å². The van der Waals surface area contributed by atoms with E-state index in [1.807, 2.05) is 33.0 Å². The van der Waals surface area contributed by atoms with E-state index < -0.39 is 5.82 Å². The minimum Gasteiger partial charge on any atom is -0.490 e. The number of amides is 1. The standard InChI is InChI=1S/C37H50FN7O4/c1-4-45(26(2)3)37(46)29-22-27(38)9-10-32(29)49-34-23-39-24-42-36(34)44-19-13-28(14-20-44)48-33-12-16-41-31-11-15-40-30(35(31)33)8-7-18-43-17-5-6-21-47-25-43/h9-10,12,16,22-24,26,28,30,40H,4-8,11,13-15,17-21,25H2,1-3H3. The van der Waals surface area contributed by atoms with Gasteiger partial charge < -0.3 is 29.3 Å². The van der Waals surface area contributed by atoms with E-state index in [0.29, 0.717) is 31.2 Å². The van der Waals surface area contributed by atoms with Gasteiger partial charge >= 0.3 is 0 Å². The molecule has 3 aliphatic rings. The minimum absolute atomic E-state index is 0.0443. The molecule has 0 bridgehead atoms.